The van der Waals surface area contributed by atoms with Crippen LogP contribution in [0.2, 0.25) is 0 Å². The van der Waals surface area contributed by atoms with Gasteiger partial charge in [0.15, 0.2) is 0 Å². The van der Waals surface area contributed by atoms with Gasteiger partial charge in [-0.25, -0.2) is 4.79 Å². The lowest BCUT2D eigenvalue weighted by Crippen LogP contribution is -2.38. The highest BCUT2D eigenvalue weighted by atomic mass is 127. The smallest absolute Gasteiger partial charge is 0.340 e. The van der Waals surface area contributed by atoms with Crippen molar-refractivity contribution in [3.05, 3.63) is 30.6 Å². The van der Waals surface area contributed by atoms with Crippen molar-refractivity contribution >= 4 is 36.1 Å². The molecular weight excluding hydrogens is 508 g/mol. The van der Waals surface area contributed by atoms with Crippen LogP contribution in [0.5, 0.6) is 0 Å². The lowest BCUT2D eigenvalue weighted by Gasteiger charge is -2.19. The molecule has 0 radical (unpaired) electrons. The highest BCUT2D eigenvalue weighted by molar-refractivity contribution is 14.1. The van der Waals surface area contributed by atoms with E-state index in [1.165, 1.54) is 10.8 Å². The van der Waals surface area contributed by atoms with Crippen LogP contribution in [-0.4, -0.2) is 58.7 Å². The molecule has 0 aromatic carbocycles. The van der Waals surface area contributed by atoms with E-state index in [1.807, 2.05) is 0 Å². The quantitative estimate of drug-likeness (QED) is 0.302. The van der Waals surface area contributed by atoms with Crippen LogP contribution in [0.1, 0.15) is 26.5 Å². The molecule has 13 heteroatoms. The van der Waals surface area contributed by atoms with Gasteiger partial charge in [0.1, 0.15) is 18.5 Å². The summed E-state index contributed by atoms with van der Waals surface area (Å²) >= 11 is 1.79. The molecule has 0 saturated carbocycles. The Morgan fingerprint density at radius 3 is 2.68 bits per heavy atom. The van der Waals surface area contributed by atoms with E-state index in [9.17, 15) is 24.1 Å². The third-order valence-corrected chi connectivity index (χ3v) is 6.67. The van der Waals surface area contributed by atoms with E-state index in [1.54, 1.807) is 36.4 Å². The Morgan fingerprint density at radius 2 is 2.07 bits per heavy atom. The number of rotatable bonds is 9. The van der Waals surface area contributed by atoms with E-state index in [0.29, 0.717) is 3.57 Å². The summed E-state index contributed by atoms with van der Waals surface area (Å²) in [5, 5.41) is 12.7. The molecule has 1 aliphatic rings. The molecule has 0 bridgehead atoms. The fourth-order valence-electron chi connectivity index (χ4n) is 2.71. The summed E-state index contributed by atoms with van der Waals surface area (Å²) in [6.45, 7) is 3.52. The molecule has 1 amide bonds. The van der Waals surface area contributed by atoms with Crippen molar-refractivity contribution in [2.45, 2.75) is 38.7 Å². The van der Waals surface area contributed by atoms with Gasteiger partial charge < -0.3 is 24.2 Å². The van der Waals surface area contributed by atoms with E-state index in [0.717, 1.165) is 0 Å². The minimum atomic E-state index is -3.52. The van der Waals surface area contributed by atoms with Crippen LogP contribution in [0.4, 0.5) is 0 Å². The van der Waals surface area contributed by atoms with Crippen LogP contribution in [0.3, 0.4) is 0 Å². The highest BCUT2D eigenvalue weighted by Gasteiger charge is 2.36. The van der Waals surface area contributed by atoms with Crippen molar-refractivity contribution in [1.82, 2.24) is 14.9 Å². The largest absolute Gasteiger partial charge is 0.390 e. The van der Waals surface area contributed by atoms with Crippen molar-refractivity contribution in [3.63, 3.8) is 0 Å². The number of halogens is 1. The number of aliphatic hydroxyl groups excluding tert-OH is 1. The molecule has 11 nitrogen and oxygen atoms in total. The number of nitrogens with zero attached hydrogens (tertiary/aromatic N) is 1. The first-order chi connectivity index (χ1) is 13.2. The Labute approximate surface area is 174 Å². The minimum Gasteiger partial charge on any atom is -0.390 e. The van der Waals surface area contributed by atoms with Gasteiger partial charge in [-0.05, 0) is 36.4 Å². The maximum atomic E-state index is 12.4. The monoisotopic (exact) mass is 531 g/mol. The van der Waals surface area contributed by atoms with Crippen molar-refractivity contribution < 1.29 is 28.3 Å². The topological polar surface area (TPSA) is 149 Å². The molecule has 3 atom stereocenters. The van der Waals surface area contributed by atoms with Crippen LogP contribution in [-0.2, 0) is 23.1 Å². The first kappa shape index (κ1) is 23.2. The molecule has 0 unspecified atom stereocenters. The molecule has 28 heavy (non-hydrogen) atoms. The molecule has 0 spiro atoms. The second-order valence-electron chi connectivity index (χ2n) is 5.98. The summed E-state index contributed by atoms with van der Waals surface area (Å²) in [4.78, 5) is 37.7. The second-order valence-corrected chi connectivity index (χ2v) is 9.20. The van der Waals surface area contributed by atoms with Gasteiger partial charge in [0, 0.05) is 19.2 Å². The van der Waals surface area contributed by atoms with E-state index in [-0.39, 0.29) is 26.2 Å². The van der Waals surface area contributed by atoms with Crippen molar-refractivity contribution in [3.8, 4) is 0 Å². The number of hydrogen-bond acceptors (Lipinski definition) is 8. The fraction of sp³-hybridized carbons (Fsp3) is 0.667. The molecule has 0 aliphatic carbocycles. The van der Waals surface area contributed by atoms with Gasteiger partial charge in [-0.3, -0.25) is 23.7 Å². The summed E-state index contributed by atoms with van der Waals surface area (Å²) in [6, 6.07) is 0. The van der Waals surface area contributed by atoms with E-state index >= 15 is 0 Å². The van der Waals surface area contributed by atoms with E-state index in [2.05, 4.69) is 10.3 Å². The maximum Gasteiger partial charge on any atom is 0.340 e. The molecule has 1 aromatic rings. The van der Waals surface area contributed by atoms with Gasteiger partial charge in [-0.1, -0.05) is 0 Å². The lowest BCUT2D eigenvalue weighted by atomic mass is 10.2. The molecule has 158 valence electrons. The summed E-state index contributed by atoms with van der Waals surface area (Å²) in [6.07, 6.45) is -1.48. The molecule has 1 aliphatic heterocycles. The number of aromatic amines is 1. The van der Waals surface area contributed by atoms with E-state index in [4.69, 9.17) is 13.8 Å². The highest BCUT2D eigenvalue weighted by Crippen LogP contribution is 2.47. The zero-order chi connectivity index (χ0) is 20.9. The van der Waals surface area contributed by atoms with Crippen molar-refractivity contribution in [2.75, 3.05) is 25.9 Å². The zero-order valence-corrected chi connectivity index (χ0v) is 18.5. The number of carbonyl (C=O) groups excluding carboxylic acids is 1. The minimum absolute atomic E-state index is 0.0516. The lowest BCUT2D eigenvalue weighted by molar-refractivity contribution is -0.120. The first-order valence-electron chi connectivity index (χ1n) is 8.68. The Kier molecular flexibility index (Phi) is 8.40. The number of hydrogen-bond donors (Lipinski definition) is 3. The number of aliphatic hydroxyl groups is 1. The third-order valence-electron chi connectivity index (χ3n) is 3.93. The number of H-pyrrole nitrogens is 1. The Balaban J connectivity index is 1.96. The zero-order valence-electron chi connectivity index (χ0n) is 15.4. The number of ether oxygens (including phenoxy) is 1. The molecular formula is C15H23IN3O8P. The van der Waals surface area contributed by atoms with Gasteiger partial charge in [0.25, 0.3) is 5.56 Å². The predicted octanol–water partition coefficient (Wildman–Crippen LogP) is 0.172. The predicted molar refractivity (Wildman–Crippen MR) is 107 cm³/mol. The van der Waals surface area contributed by atoms with Gasteiger partial charge >= 0.3 is 13.3 Å². The Morgan fingerprint density at radius 1 is 1.43 bits per heavy atom. The fourth-order valence-corrected chi connectivity index (χ4v) is 4.65. The first-order valence-corrected chi connectivity index (χ1v) is 11.5. The van der Waals surface area contributed by atoms with Crippen molar-refractivity contribution in [2.24, 2.45) is 0 Å². The maximum absolute atomic E-state index is 12.4. The summed E-state index contributed by atoms with van der Waals surface area (Å²) in [5.74, 6) is -0.569. The van der Waals surface area contributed by atoms with Crippen LogP contribution < -0.4 is 16.6 Å². The summed E-state index contributed by atoms with van der Waals surface area (Å²) < 4.78 is 29.6. The van der Waals surface area contributed by atoms with Gasteiger partial charge in [-0.2, -0.15) is 0 Å². The Hall–Kier alpha value is -1.05. The molecule has 2 heterocycles. The van der Waals surface area contributed by atoms with Crippen LogP contribution >= 0.6 is 30.2 Å². The number of aromatic nitrogens is 2. The Bertz CT molecular complexity index is 846. The number of amides is 1. The number of nitrogens with one attached hydrogen (secondary N) is 2. The van der Waals surface area contributed by atoms with E-state index < -0.39 is 49.3 Å². The second kappa shape index (κ2) is 10.1. The average Bonchev–Trinajstić information content (AvgIpc) is 2.97. The summed E-state index contributed by atoms with van der Waals surface area (Å²) in [7, 11) is -3.52. The molecule has 1 fully saturated rings. The van der Waals surface area contributed by atoms with Gasteiger partial charge in [-0.15, -0.1) is 0 Å². The third kappa shape index (κ3) is 5.97. The van der Waals surface area contributed by atoms with Crippen LogP contribution in [0.15, 0.2) is 15.8 Å². The number of carbonyl (C=O) groups is 1. The molecule has 1 aromatic heterocycles. The molecule has 3 N–H and O–H groups in total. The molecule has 1 saturated heterocycles. The molecule has 2 rings (SSSR count). The van der Waals surface area contributed by atoms with Crippen LogP contribution in [0, 0.1) is 3.57 Å². The van der Waals surface area contributed by atoms with Crippen molar-refractivity contribution in [1.29, 1.82) is 0 Å². The SMILES string of the molecule is CCOP(=O)(CC(=O)NC[C@H]1O[C@@H](n2cc(I)c(=O)[nH]c2=O)C[C@@H]1O)OCC. The van der Waals surface area contributed by atoms with Gasteiger partial charge in [0.2, 0.25) is 5.91 Å². The van der Waals surface area contributed by atoms with Gasteiger partial charge in [0.05, 0.1) is 22.9 Å². The summed E-state index contributed by atoms with van der Waals surface area (Å²) in [5.41, 5.74) is -1.15. The van der Waals surface area contributed by atoms with Crippen LogP contribution in [0.25, 0.3) is 0 Å². The average molecular weight is 531 g/mol. The normalized spacial score (nSPS) is 22.4. The standard InChI is InChI=1S/C15H23IN3O8P/c1-3-25-28(24,26-4-2)8-12(21)17-6-11-10(20)5-13(27-11)19-7-9(16)14(22)18-15(19)23/h7,10-11,13,20H,3-6,8H2,1-2H3,(H,17,21)(H,18,22,23)/t10-,11+,13+/m0/s1.